The van der Waals surface area contributed by atoms with Crippen molar-refractivity contribution in [1.29, 1.82) is 0 Å². The maximum atomic E-state index is 6.27. The number of aliphatic imine (C=N–C) groups is 1. The second kappa shape index (κ2) is 11.2. The molecule has 0 atom stereocenters. The first-order chi connectivity index (χ1) is 14.9. The molecule has 1 aliphatic rings. The molecule has 2 aromatic carbocycles. The first-order valence-corrected chi connectivity index (χ1v) is 12.9. The standard InChI is InChI=1S/C25H30ClN3S2/c1-6-20-7-11-23(12-8-20)29(31-25-17(2)14-27-19(25)4)15-18(3)28-24-13-22(26)10-9-21(24)16-30-5/h7-13,28H,3,6,14-16H2,1-2,4-5H3. The van der Waals surface area contributed by atoms with Gasteiger partial charge in [-0.15, -0.1) is 0 Å². The summed E-state index contributed by atoms with van der Waals surface area (Å²) >= 11 is 9.80. The van der Waals surface area contributed by atoms with E-state index in [0.717, 1.165) is 46.5 Å². The summed E-state index contributed by atoms with van der Waals surface area (Å²) in [5, 5.41) is 4.24. The van der Waals surface area contributed by atoms with Crippen LogP contribution in [-0.4, -0.2) is 25.1 Å². The lowest BCUT2D eigenvalue weighted by Crippen LogP contribution is -2.22. The molecule has 3 rings (SSSR count). The molecule has 0 saturated carbocycles. The number of aryl methyl sites for hydroxylation is 1. The number of anilines is 2. The minimum absolute atomic E-state index is 0.658. The average Bonchev–Trinajstić information content (AvgIpc) is 3.07. The Labute approximate surface area is 200 Å². The van der Waals surface area contributed by atoms with E-state index < -0.39 is 0 Å². The van der Waals surface area contributed by atoms with E-state index in [1.165, 1.54) is 21.6 Å². The number of benzene rings is 2. The molecule has 2 aromatic rings. The topological polar surface area (TPSA) is 27.6 Å². The van der Waals surface area contributed by atoms with Crippen LogP contribution in [0.3, 0.4) is 0 Å². The molecule has 31 heavy (non-hydrogen) atoms. The molecule has 0 amide bonds. The van der Waals surface area contributed by atoms with Gasteiger partial charge in [0.05, 0.1) is 18.0 Å². The molecule has 1 heterocycles. The predicted octanol–water partition coefficient (Wildman–Crippen LogP) is 7.59. The van der Waals surface area contributed by atoms with E-state index in [-0.39, 0.29) is 0 Å². The molecule has 0 aromatic heterocycles. The van der Waals surface area contributed by atoms with Crippen LogP contribution >= 0.6 is 35.3 Å². The van der Waals surface area contributed by atoms with Gasteiger partial charge in [0, 0.05) is 33.6 Å². The Balaban J connectivity index is 1.82. The van der Waals surface area contributed by atoms with Crippen molar-refractivity contribution in [1.82, 2.24) is 0 Å². The van der Waals surface area contributed by atoms with E-state index in [9.17, 15) is 0 Å². The zero-order valence-corrected chi connectivity index (χ0v) is 21.1. The van der Waals surface area contributed by atoms with Gasteiger partial charge in [-0.05, 0) is 79.4 Å². The highest BCUT2D eigenvalue weighted by Crippen LogP contribution is 2.34. The SMILES string of the molecule is C=C(CN(SC1=C(C)CN=C1C)c1ccc(CC)cc1)Nc1cc(Cl)ccc1CSC. The molecule has 0 fully saturated rings. The highest BCUT2D eigenvalue weighted by molar-refractivity contribution is 8.05. The number of nitrogens with one attached hydrogen (secondary N) is 1. The van der Waals surface area contributed by atoms with Crippen molar-refractivity contribution in [3.8, 4) is 0 Å². The summed E-state index contributed by atoms with van der Waals surface area (Å²) in [5.41, 5.74) is 8.07. The Morgan fingerprint density at radius 1 is 1.19 bits per heavy atom. The third kappa shape index (κ3) is 6.34. The van der Waals surface area contributed by atoms with Crippen molar-refractivity contribution >= 4 is 52.4 Å². The van der Waals surface area contributed by atoms with E-state index >= 15 is 0 Å². The Hall–Kier alpha value is -1.82. The molecular formula is C25H30ClN3S2. The third-order valence-corrected chi connectivity index (χ3v) is 7.34. The van der Waals surface area contributed by atoms with Crippen molar-refractivity contribution < 1.29 is 0 Å². The Bertz CT molecular complexity index is 996. The minimum atomic E-state index is 0.658. The van der Waals surface area contributed by atoms with Gasteiger partial charge in [0.2, 0.25) is 0 Å². The van der Waals surface area contributed by atoms with Gasteiger partial charge in [0.1, 0.15) is 0 Å². The van der Waals surface area contributed by atoms with Crippen molar-refractivity contribution in [3.05, 3.63) is 81.4 Å². The van der Waals surface area contributed by atoms with E-state index in [2.05, 4.69) is 78.6 Å². The average molecular weight is 472 g/mol. The van der Waals surface area contributed by atoms with Crippen LogP contribution in [0.2, 0.25) is 5.02 Å². The van der Waals surface area contributed by atoms with Gasteiger partial charge >= 0.3 is 0 Å². The summed E-state index contributed by atoms with van der Waals surface area (Å²) in [6.45, 7) is 12.2. The summed E-state index contributed by atoms with van der Waals surface area (Å²) in [6.07, 6.45) is 3.14. The minimum Gasteiger partial charge on any atom is -0.358 e. The van der Waals surface area contributed by atoms with Crippen molar-refractivity contribution in [2.24, 2.45) is 4.99 Å². The Morgan fingerprint density at radius 3 is 2.55 bits per heavy atom. The quantitative estimate of drug-likeness (QED) is 0.361. The monoisotopic (exact) mass is 471 g/mol. The number of halogens is 1. The smallest absolute Gasteiger partial charge is 0.0693 e. The molecule has 0 saturated heterocycles. The van der Waals surface area contributed by atoms with Gasteiger partial charge < -0.3 is 9.62 Å². The molecule has 6 heteroatoms. The van der Waals surface area contributed by atoms with Gasteiger partial charge in [0.15, 0.2) is 0 Å². The van der Waals surface area contributed by atoms with Crippen LogP contribution in [0.15, 0.2) is 70.2 Å². The van der Waals surface area contributed by atoms with E-state index in [0.29, 0.717) is 6.54 Å². The fraction of sp³-hybridized carbons (Fsp3) is 0.320. The maximum Gasteiger partial charge on any atom is 0.0693 e. The van der Waals surface area contributed by atoms with Crippen LogP contribution in [0.5, 0.6) is 0 Å². The second-order valence-electron chi connectivity index (χ2n) is 7.62. The van der Waals surface area contributed by atoms with Gasteiger partial charge in [-0.1, -0.05) is 43.3 Å². The highest BCUT2D eigenvalue weighted by Gasteiger charge is 2.19. The summed E-state index contributed by atoms with van der Waals surface area (Å²) in [4.78, 5) is 5.85. The molecule has 0 aliphatic carbocycles. The maximum absolute atomic E-state index is 6.27. The molecule has 0 bridgehead atoms. The lowest BCUT2D eigenvalue weighted by Gasteiger charge is -2.26. The summed E-state index contributed by atoms with van der Waals surface area (Å²) in [6, 6.07) is 14.8. The zero-order chi connectivity index (χ0) is 22.4. The van der Waals surface area contributed by atoms with Gasteiger partial charge in [-0.25, -0.2) is 0 Å². The zero-order valence-electron chi connectivity index (χ0n) is 18.7. The number of thioether (sulfide) groups is 1. The molecule has 1 aliphatic heterocycles. The van der Waals surface area contributed by atoms with Gasteiger partial charge in [-0.3, -0.25) is 4.99 Å². The molecule has 3 nitrogen and oxygen atoms in total. The van der Waals surface area contributed by atoms with E-state index in [1.807, 2.05) is 12.1 Å². The molecule has 0 unspecified atom stereocenters. The Morgan fingerprint density at radius 2 is 1.94 bits per heavy atom. The fourth-order valence-corrected chi connectivity index (χ4v) is 5.19. The summed E-state index contributed by atoms with van der Waals surface area (Å²) in [5.74, 6) is 0.922. The van der Waals surface area contributed by atoms with Crippen LogP contribution < -0.4 is 9.62 Å². The third-order valence-electron chi connectivity index (χ3n) is 5.12. The molecule has 1 N–H and O–H groups in total. The Kier molecular flexibility index (Phi) is 8.58. The largest absolute Gasteiger partial charge is 0.358 e. The fourth-order valence-electron chi connectivity index (χ4n) is 3.37. The van der Waals surface area contributed by atoms with E-state index in [1.54, 1.807) is 23.7 Å². The first-order valence-electron chi connectivity index (χ1n) is 10.4. The van der Waals surface area contributed by atoms with Crippen molar-refractivity contribution in [2.45, 2.75) is 32.9 Å². The predicted molar refractivity (Wildman–Crippen MR) is 143 cm³/mol. The van der Waals surface area contributed by atoms with Crippen LogP contribution in [0.4, 0.5) is 11.4 Å². The van der Waals surface area contributed by atoms with Crippen LogP contribution in [0.25, 0.3) is 0 Å². The molecule has 164 valence electrons. The van der Waals surface area contributed by atoms with Crippen LogP contribution in [0.1, 0.15) is 31.9 Å². The van der Waals surface area contributed by atoms with Crippen LogP contribution in [-0.2, 0) is 12.2 Å². The number of rotatable bonds is 10. The van der Waals surface area contributed by atoms with Gasteiger partial charge in [-0.2, -0.15) is 11.8 Å². The number of allylic oxidation sites excluding steroid dienone is 1. The molecule has 0 spiro atoms. The van der Waals surface area contributed by atoms with E-state index in [4.69, 9.17) is 11.6 Å². The highest BCUT2D eigenvalue weighted by atomic mass is 35.5. The van der Waals surface area contributed by atoms with Crippen molar-refractivity contribution in [3.63, 3.8) is 0 Å². The normalized spacial score (nSPS) is 13.4. The lowest BCUT2D eigenvalue weighted by atomic mass is 10.1. The van der Waals surface area contributed by atoms with Crippen LogP contribution in [0, 0.1) is 0 Å². The molecular weight excluding hydrogens is 442 g/mol. The lowest BCUT2D eigenvalue weighted by molar-refractivity contribution is 1.11. The summed E-state index contributed by atoms with van der Waals surface area (Å²) in [7, 11) is 0. The number of nitrogens with zero attached hydrogens (tertiary/aromatic N) is 2. The second-order valence-corrected chi connectivity index (χ2v) is 9.96. The van der Waals surface area contributed by atoms with Gasteiger partial charge in [0.25, 0.3) is 0 Å². The summed E-state index contributed by atoms with van der Waals surface area (Å²) < 4.78 is 2.29. The van der Waals surface area contributed by atoms with Crippen molar-refractivity contribution in [2.75, 3.05) is 29.0 Å². The first kappa shape index (κ1) is 23.8. The number of hydrogen-bond donors (Lipinski definition) is 1. The molecule has 0 radical (unpaired) electrons. The number of hydrogen-bond acceptors (Lipinski definition) is 5.